The molecule has 0 atom stereocenters. The van der Waals surface area contributed by atoms with Crippen molar-refractivity contribution in [3.05, 3.63) is 63.6 Å². The Morgan fingerprint density at radius 2 is 1.74 bits per heavy atom. The maximum atomic E-state index is 12.9. The molecule has 2 heterocycles. The summed E-state index contributed by atoms with van der Waals surface area (Å²) in [6.07, 6.45) is 0.434. The van der Waals surface area contributed by atoms with Crippen LogP contribution in [0.3, 0.4) is 0 Å². The van der Waals surface area contributed by atoms with Crippen molar-refractivity contribution in [2.75, 3.05) is 40.3 Å². The van der Waals surface area contributed by atoms with Crippen molar-refractivity contribution in [3.8, 4) is 0 Å². The first-order valence-electron chi connectivity index (χ1n) is 10.6. The lowest BCUT2D eigenvalue weighted by atomic mass is 10.0. The molecule has 4 rings (SSSR count). The smallest absolute Gasteiger partial charge is 0.265 e. The van der Waals surface area contributed by atoms with E-state index in [1.54, 1.807) is 19.0 Å². The van der Waals surface area contributed by atoms with Crippen molar-refractivity contribution in [1.29, 1.82) is 0 Å². The van der Waals surface area contributed by atoms with Crippen molar-refractivity contribution in [1.82, 2.24) is 19.7 Å². The van der Waals surface area contributed by atoms with Gasteiger partial charge in [-0.25, -0.2) is 4.98 Å². The van der Waals surface area contributed by atoms with E-state index >= 15 is 0 Å². The Labute approximate surface area is 187 Å². The second-order valence-electron chi connectivity index (χ2n) is 8.19. The fraction of sp³-hybridized carbons (Fsp3) is 0.375. The van der Waals surface area contributed by atoms with E-state index in [0.29, 0.717) is 11.3 Å². The van der Waals surface area contributed by atoms with Crippen LogP contribution in [0.1, 0.15) is 25.9 Å². The molecule has 0 aliphatic carbocycles. The zero-order valence-electron chi connectivity index (χ0n) is 18.3. The van der Waals surface area contributed by atoms with E-state index in [9.17, 15) is 9.59 Å². The molecule has 0 spiro atoms. The molecule has 3 aromatic rings. The summed E-state index contributed by atoms with van der Waals surface area (Å²) in [6.45, 7) is 5.68. The summed E-state index contributed by atoms with van der Waals surface area (Å²) in [5.41, 5.74) is 1.88. The number of hydrogen-bond donors (Lipinski definition) is 0. The van der Waals surface area contributed by atoms with Crippen LogP contribution < -0.4 is 0 Å². The van der Waals surface area contributed by atoms with E-state index in [-0.39, 0.29) is 11.8 Å². The van der Waals surface area contributed by atoms with Crippen LogP contribution in [0.4, 0.5) is 0 Å². The van der Waals surface area contributed by atoms with Gasteiger partial charge in [-0.1, -0.05) is 42.5 Å². The lowest BCUT2D eigenvalue weighted by molar-refractivity contribution is -0.132. The number of rotatable bonds is 5. The first-order valence-corrected chi connectivity index (χ1v) is 11.4. The van der Waals surface area contributed by atoms with E-state index in [1.165, 1.54) is 16.7 Å². The molecule has 0 bridgehead atoms. The lowest BCUT2D eigenvalue weighted by Gasteiger charge is -2.34. The standard InChI is InChI=1S/C24H28N4O2S/c1-17-23(24(30)26(2)3)31-21(25-17)16-27-11-13-28(14-12-27)22(29)15-19-9-6-8-18-7-4-5-10-20(18)19/h4-10H,11-16H2,1-3H3. The van der Waals surface area contributed by atoms with Crippen molar-refractivity contribution in [2.24, 2.45) is 0 Å². The monoisotopic (exact) mass is 436 g/mol. The number of thiazole rings is 1. The summed E-state index contributed by atoms with van der Waals surface area (Å²) in [5.74, 6) is 0.185. The Bertz CT molecular complexity index is 1090. The van der Waals surface area contributed by atoms with Gasteiger partial charge in [0.15, 0.2) is 0 Å². The van der Waals surface area contributed by atoms with E-state index < -0.39 is 0 Å². The summed E-state index contributed by atoms with van der Waals surface area (Å²) < 4.78 is 0. The largest absolute Gasteiger partial charge is 0.344 e. The third-order valence-corrected chi connectivity index (χ3v) is 6.88. The SMILES string of the molecule is Cc1nc(CN2CCN(C(=O)Cc3cccc4ccccc34)CC2)sc1C(=O)N(C)C. The zero-order chi connectivity index (χ0) is 22.0. The van der Waals surface area contributed by atoms with Gasteiger partial charge in [0.05, 0.1) is 18.7 Å². The van der Waals surface area contributed by atoms with Gasteiger partial charge in [0, 0.05) is 40.3 Å². The van der Waals surface area contributed by atoms with Crippen LogP contribution in [0.25, 0.3) is 10.8 Å². The summed E-state index contributed by atoms with van der Waals surface area (Å²) in [7, 11) is 3.52. The van der Waals surface area contributed by atoms with E-state index in [4.69, 9.17) is 0 Å². The third kappa shape index (κ3) is 4.78. The number of aryl methyl sites for hydroxylation is 1. The Kier molecular flexibility index (Phi) is 6.34. The number of hydrogen-bond acceptors (Lipinski definition) is 5. The van der Waals surface area contributed by atoms with Crippen LogP contribution in [-0.4, -0.2) is 71.8 Å². The topological polar surface area (TPSA) is 56.8 Å². The number of piperazine rings is 1. The predicted octanol–water partition coefficient (Wildman–Crippen LogP) is 3.19. The highest BCUT2D eigenvalue weighted by Crippen LogP contribution is 2.22. The molecule has 1 aromatic heterocycles. The fourth-order valence-corrected chi connectivity index (χ4v) is 5.12. The minimum atomic E-state index is 0.00472. The minimum Gasteiger partial charge on any atom is -0.344 e. The van der Waals surface area contributed by atoms with Crippen LogP contribution in [-0.2, 0) is 17.8 Å². The number of amides is 2. The maximum absolute atomic E-state index is 12.9. The highest BCUT2D eigenvalue weighted by molar-refractivity contribution is 7.13. The molecule has 162 valence electrons. The minimum absolute atomic E-state index is 0.00472. The number of benzene rings is 2. The second-order valence-corrected chi connectivity index (χ2v) is 9.28. The van der Waals surface area contributed by atoms with Crippen molar-refractivity contribution < 1.29 is 9.59 Å². The van der Waals surface area contributed by atoms with Gasteiger partial charge in [0.1, 0.15) is 9.88 Å². The van der Waals surface area contributed by atoms with Crippen molar-refractivity contribution in [3.63, 3.8) is 0 Å². The zero-order valence-corrected chi connectivity index (χ0v) is 19.1. The molecule has 2 amide bonds. The van der Waals surface area contributed by atoms with Gasteiger partial charge < -0.3 is 9.80 Å². The van der Waals surface area contributed by atoms with Crippen LogP contribution in [0, 0.1) is 6.92 Å². The van der Waals surface area contributed by atoms with Crippen LogP contribution in [0.5, 0.6) is 0 Å². The molecule has 0 N–H and O–H groups in total. The van der Waals surface area contributed by atoms with Gasteiger partial charge in [-0.05, 0) is 23.3 Å². The Balaban J connectivity index is 1.34. The van der Waals surface area contributed by atoms with Gasteiger partial charge in [-0.2, -0.15) is 0 Å². The average molecular weight is 437 g/mol. The molecule has 0 radical (unpaired) electrons. The third-order valence-electron chi connectivity index (χ3n) is 5.75. The number of nitrogens with zero attached hydrogens (tertiary/aromatic N) is 4. The molecule has 6 nitrogen and oxygen atoms in total. The highest BCUT2D eigenvalue weighted by Gasteiger charge is 2.23. The quantitative estimate of drug-likeness (QED) is 0.616. The first kappa shape index (κ1) is 21.5. The van der Waals surface area contributed by atoms with Gasteiger partial charge in [0.2, 0.25) is 5.91 Å². The summed E-state index contributed by atoms with van der Waals surface area (Å²) in [5, 5.41) is 3.28. The molecule has 0 saturated carbocycles. The molecule has 1 saturated heterocycles. The Morgan fingerprint density at radius 1 is 1.03 bits per heavy atom. The summed E-state index contributed by atoms with van der Waals surface area (Å²) >= 11 is 1.48. The van der Waals surface area contributed by atoms with Crippen LogP contribution >= 0.6 is 11.3 Å². The molecule has 1 aliphatic rings. The number of fused-ring (bicyclic) bond motifs is 1. The van der Waals surface area contributed by atoms with E-state index in [2.05, 4.69) is 28.1 Å². The molecular weight excluding hydrogens is 408 g/mol. The average Bonchev–Trinajstić information content (AvgIpc) is 3.13. The van der Waals surface area contributed by atoms with E-state index in [1.807, 2.05) is 36.1 Å². The fourth-order valence-electron chi connectivity index (χ4n) is 3.99. The molecular formula is C24H28N4O2S. The molecule has 2 aromatic carbocycles. The van der Waals surface area contributed by atoms with Gasteiger partial charge in [0.25, 0.3) is 5.91 Å². The normalized spacial score (nSPS) is 14.7. The molecule has 1 fully saturated rings. The first-order chi connectivity index (χ1) is 14.9. The van der Waals surface area contributed by atoms with Gasteiger partial charge in [-0.15, -0.1) is 11.3 Å². The highest BCUT2D eigenvalue weighted by atomic mass is 32.1. The Hall–Kier alpha value is -2.77. The van der Waals surface area contributed by atoms with E-state index in [0.717, 1.165) is 54.4 Å². The second kappa shape index (κ2) is 9.16. The van der Waals surface area contributed by atoms with Crippen LogP contribution in [0.2, 0.25) is 0 Å². The number of carbonyl (C=O) groups excluding carboxylic acids is 2. The van der Waals surface area contributed by atoms with Gasteiger partial charge >= 0.3 is 0 Å². The summed E-state index contributed by atoms with van der Waals surface area (Å²) in [4.78, 5) is 36.3. The van der Waals surface area contributed by atoms with Crippen molar-refractivity contribution in [2.45, 2.75) is 19.9 Å². The summed E-state index contributed by atoms with van der Waals surface area (Å²) in [6, 6.07) is 14.4. The molecule has 7 heteroatoms. The Morgan fingerprint density at radius 3 is 2.48 bits per heavy atom. The molecule has 0 unspecified atom stereocenters. The lowest BCUT2D eigenvalue weighted by Crippen LogP contribution is -2.48. The van der Waals surface area contributed by atoms with Crippen molar-refractivity contribution >= 4 is 33.9 Å². The number of carbonyl (C=O) groups is 2. The predicted molar refractivity (Wildman–Crippen MR) is 124 cm³/mol. The van der Waals surface area contributed by atoms with Crippen LogP contribution in [0.15, 0.2) is 42.5 Å². The van der Waals surface area contributed by atoms with Gasteiger partial charge in [-0.3, -0.25) is 14.5 Å². The molecule has 1 aliphatic heterocycles. The molecule has 31 heavy (non-hydrogen) atoms. The number of aromatic nitrogens is 1. The maximum Gasteiger partial charge on any atom is 0.265 e.